The predicted octanol–water partition coefficient (Wildman–Crippen LogP) is 1.86. The number of benzene rings is 1. The van der Waals surface area contributed by atoms with E-state index in [1.807, 2.05) is 37.3 Å². The Kier molecular flexibility index (Phi) is 5.77. The molecule has 1 aromatic carbocycles. The average Bonchev–Trinajstić information content (AvgIpc) is 3.10. The first-order valence-corrected chi connectivity index (χ1v) is 8.36. The summed E-state index contributed by atoms with van der Waals surface area (Å²) < 4.78 is 1.63. The molecule has 0 aliphatic heterocycles. The van der Waals surface area contributed by atoms with E-state index in [1.54, 1.807) is 23.3 Å². The Hall–Kier alpha value is -2.97. The van der Waals surface area contributed by atoms with Gasteiger partial charge in [0.2, 0.25) is 5.95 Å². The van der Waals surface area contributed by atoms with Gasteiger partial charge in [-0.25, -0.2) is 4.98 Å². The molecule has 0 spiro atoms. The van der Waals surface area contributed by atoms with Crippen LogP contribution >= 0.6 is 0 Å². The van der Waals surface area contributed by atoms with Crippen LogP contribution in [0.3, 0.4) is 0 Å². The molecule has 0 aliphatic rings. The van der Waals surface area contributed by atoms with Gasteiger partial charge in [-0.15, -0.1) is 0 Å². The molecule has 3 rings (SSSR count). The quantitative estimate of drug-likeness (QED) is 0.489. The molecule has 0 aliphatic carbocycles. The van der Waals surface area contributed by atoms with Crippen LogP contribution in [0.15, 0.2) is 48.9 Å². The Labute approximate surface area is 151 Å². The molecule has 4 N–H and O–H groups in total. The van der Waals surface area contributed by atoms with Crippen LogP contribution < -0.4 is 10.6 Å². The van der Waals surface area contributed by atoms with Crippen molar-refractivity contribution in [3.8, 4) is 0 Å². The summed E-state index contributed by atoms with van der Waals surface area (Å²) in [4.78, 5) is 8.79. The third kappa shape index (κ3) is 4.35. The second kappa shape index (κ2) is 8.41. The number of aromatic nitrogens is 4. The van der Waals surface area contributed by atoms with Crippen LogP contribution in [0.1, 0.15) is 17.2 Å². The Bertz CT molecular complexity index is 837. The first-order chi connectivity index (χ1) is 12.7. The fourth-order valence-corrected chi connectivity index (χ4v) is 2.52. The molecule has 0 fully saturated rings. The Morgan fingerprint density at radius 3 is 2.69 bits per heavy atom. The molecule has 26 heavy (non-hydrogen) atoms. The largest absolute Gasteiger partial charge is 0.394 e. The van der Waals surface area contributed by atoms with Crippen LogP contribution in [0.2, 0.25) is 0 Å². The molecule has 0 saturated carbocycles. The highest BCUT2D eigenvalue weighted by molar-refractivity contribution is 5.55. The summed E-state index contributed by atoms with van der Waals surface area (Å²) in [5.41, 5.74) is 2.59. The molecular weight excluding hydrogens is 332 g/mol. The number of nitrogens with zero attached hydrogens (tertiary/aromatic N) is 4. The van der Waals surface area contributed by atoms with E-state index in [2.05, 4.69) is 25.7 Å². The summed E-state index contributed by atoms with van der Waals surface area (Å²) in [6, 6.07) is 9.46. The maximum absolute atomic E-state index is 9.74. The maximum Gasteiger partial charge on any atom is 0.229 e. The van der Waals surface area contributed by atoms with Gasteiger partial charge in [-0.05, 0) is 12.5 Å². The zero-order valence-electron chi connectivity index (χ0n) is 14.5. The van der Waals surface area contributed by atoms with E-state index < -0.39 is 0 Å². The Morgan fingerprint density at radius 1 is 1.15 bits per heavy atom. The number of aryl methyl sites for hydroxylation is 1. The highest BCUT2D eigenvalue weighted by Gasteiger charge is 2.13. The summed E-state index contributed by atoms with van der Waals surface area (Å²) in [6.45, 7) is 2.31. The molecule has 136 valence electrons. The number of aliphatic hydroxyl groups is 2. The number of hydrogen-bond donors (Lipinski definition) is 4. The van der Waals surface area contributed by atoms with Crippen molar-refractivity contribution in [1.29, 1.82) is 0 Å². The van der Waals surface area contributed by atoms with Crippen LogP contribution in [0, 0.1) is 6.92 Å². The van der Waals surface area contributed by atoms with Crippen molar-refractivity contribution >= 4 is 17.5 Å². The highest BCUT2D eigenvalue weighted by atomic mass is 16.3. The second-order valence-electron chi connectivity index (χ2n) is 5.86. The zero-order chi connectivity index (χ0) is 18.4. The van der Waals surface area contributed by atoms with Crippen LogP contribution in [-0.2, 0) is 6.54 Å². The summed E-state index contributed by atoms with van der Waals surface area (Å²) >= 11 is 0. The lowest BCUT2D eigenvalue weighted by Gasteiger charge is -2.19. The number of nitrogens with one attached hydrogen (secondary N) is 2. The monoisotopic (exact) mass is 354 g/mol. The third-order valence-corrected chi connectivity index (χ3v) is 3.89. The SMILES string of the molecule is Cc1cnc(Nc2cnn(CCO)c2)nc1NC(CO)c1ccccc1. The van der Waals surface area contributed by atoms with Gasteiger partial charge in [0.25, 0.3) is 0 Å². The van der Waals surface area contributed by atoms with Gasteiger partial charge in [0.05, 0.1) is 37.7 Å². The first kappa shape index (κ1) is 17.8. The number of hydrogen-bond acceptors (Lipinski definition) is 7. The lowest BCUT2D eigenvalue weighted by atomic mass is 10.1. The van der Waals surface area contributed by atoms with Gasteiger partial charge >= 0.3 is 0 Å². The fourth-order valence-electron chi connectivity index (χ4n) is 2.52. The van der Waals surface area contributed by atoms with Crippen molar-refractivity contribution in [3.63, 3.8) is 0 Å². The highest BCUT2D eigenvalue weighted by Crippen LogP contribution is 2.22. The standard InChI is InChI=1S/C18H22N6O2/c1-13-9-19-18(21-15-10-20-24(11-15)7-8-25)23-17(13)22-16(12-26)14-5-3-2-4-6-14/h2-6,9-11,16,25-26H,7-8,12H2,1H3,(H2,19,21,22,23). The van der Waals surface area contributed by atoms with E-state index in [9.17, 15) is 5.11 Å². The minimum atomic E-state index is -0.259. The molecular formula is C18H22N6O2. The van der Waals surface area contributed by atoms with Crippen molar-refractivity contribution in [3.05, 3.63) is 60.0 Å². The van der Waals surface area contributed by atoms with E-state index in [-0.39, 0.29) is 19.3 Å². The molecule has 0 amide bonds. The molecule has 2 aromatic heterocycles. The van der Waals surface area contributed by atoms with E-state index in [0.717, 1.165) is 16.8 Å². The van der Waals surface area contributed by atoms with E-state index in [0.29, 0.717) is 18.3 Å². The van der Waals surface area contributed by atoms with Gasteiger partial charge < -0.3 is 20.8 Å². The zero-order valence-corrected chi connectivity index (χ0v) is 14.5. The van der Waals surface area contributed by atoms with Crippen molar-refractivity contribution in [1.82, 2.24) is 19.7 Å². The van der Waals surface area contributed by atoms with E-state index >= 15 is 0 Å². The second-order valence-corrected chi connectivity index (χ2v) is 5.86. The maximum atomic E-state index is 9.74. The summed E-state index contributed by atoms with van der Waals surface area (Å²) in [5, 5.41) is 29.2. The molecule has 8 nitrogen and oxygen atoms in total. The third-order valence-electron chi connectivity index (χ3n) is 3.89. The molecule has 0 saturated heterocycles. The van der Waals surface area contributed by atoms with E-state index in [4.69, 9.17) is 5.11 Å². The Morgan fingerprint density at radius 2 is 1.96 bits per heavy atom. The average molecular weight is 354 g/mol. The van der Waals surface area contributed by atoms with Crippen LogP contribution in [0.5, 0.6) is 0 Å². The van der Waals surface area contributed by atoms with Crippen LogP contribution in [-0.4, -0.2) is 43.2 Å². The molecule has 0 bridgehead atoms. The first-order valence-electron chi connectivity index (χ1n) is 8.36. The normalized spacial score (nSPS) is 12.0. The lowest BCUT2D eigenvalue weighted by molar-refractivity contribution is 0.269. The molecule has 3 aromatic rings. The number of rotatable bonds is 8. The summed E-state index contributed by atoms with van der Waals surface area (Å²) in [5.74, 6) is 1.07. The van der Waals surface area contributed by atoms with Gasteiger partial charge in [0.1, 0.15) is 5.82 Å². The van der Waals surface area contributed by atoms with Crippen LogP contribution in [0.25, 0.3) is 0 Å². The molecule has 1 atom stereocenters. The van der Waals surface area contributed by atoms with Crippen molar-refractivity contribution in [2.24, 2.45) is 0 Å². The van der Waals surface area contributed by atoms with Gasteiger partial charge in [0, 0.05) is 18.0 Å². The van der Waals surface area contributed by atoms with Crippen molar-refractivity contribution in [2.45, 2.75) is 19.5 Å². The van der Waals surface area contributed by atoms with Gasteiger partial charge in [0.15, 0.2) is 0 Å². The topological polar surface area (TPSA) is 108 Å². The summed E-state index contributed by atoms with van der Waals surface area (Å²) in [7, 11) is 0. The van der Waals surface area contributed by atoms with Gasteiger partial charge in [-0.3, -0.25) is 4.68 Å². The van der Waals surface area contributed by atoms with Crippen molar-refractivity contribution < 1.29 is 10.2 Å². The minimum Gasteiger partial charge on any atom is -0.394 e. The van der Waals surface area contributed by atoms with E-state index in [1.165, 1.54) is 0 Å². The van der Waals surface area contributed by atoms with Gasteiger partial charge in [-0.2, -0.15) is 10.1 Å². The lowest BCUT2D eigenvalue weighted by Crippen LogP contribution is -2.17. The minimum absolute atomic E-state index is 0.0260. The number of aliphatic hydroxyl groups excluding tert-OH is 2. The molecule has 0 radical (unpaired) electrons. The predicted molar refractivity (Wildman–Crippen MR) is 99.3 cm³/mol. The number of anilines is 3. The fraction of sp³-hybridized carbons (Fsp3) is 0.278. The van der Waals surface area contributed by atoms with Gasteiger partial charge in [-0.1, -0.05) is 30.3 Å². The van der Waals surface area contributed by atoms with Crippen molar-refractivity contribution in [2.75, 3.05) is 23.8 Å². The molecule has 1 unspecified atom stereocenters. The molecule has 8 heteroatoms. The molecule has 2 heterocycles. The smallest absolute Gasteiger partial charge is 0.229 e. The van der Waals surface area contributed by atoms with Crippen LogP contribution in [0.4, 0.5) is 17.5 Å². The summed E-state index contributed by atoms with van der Waals surface area (Å²) in [6.07, 6.45) is 5.13. The Balaban J connectivity index is 1.76.